The highest BCUT2D eigenvalue weighted by atomic mass is 16.5. The lowest BCUT2D eigenvalue weighted by atomic mass is 10.2. The predicted molar refractivity (Wildman–Crippen MR) is 64.6 cm³/mol. The molecule has 0 atom stereocenters. The number of pyridine rings is 1. The molecule has 0 unspecified atom stereocenters. The van der Waals surface area contributed by atoms with Gasteiger partial charge in [0.2, 0.25) is 5.88 Å². The summed E-state index contributed by atoms with van der Waals surface area (Å²) in [6.07, 6.45) is 2.38. The van der Waals surface area contributed by atoms with Crippen LogP contribution in [0.4, 0.5) is 0 Å². The summed E-state index contributed by atoms with van der Waals surface area (Å²) in [4.78, 5) is 15.0. The molecule has 0 amide bonds. The Balaban J connectivity index is 2.34. The summed E-state index contributed by atoms with van der Waals surface area (Å²) in [5.41, 5.74) is 1.27. The van der Waals surface area contributed by atoms with Crippen molar-refractivity contribution in [2.24, 2.45) is 0 Å². The minimum absolute atomic E-state index is 0.262. The van der Waals surface area contributed by atoms with Crippen LogP contribution in [0, 0.1) is 0 Å². The molecule has 94 valence electrons. The molecular weight excluding hydrogens is 234 g/mol. The first-order chi connectivity index (χ1) is 8.78. The first-order valence-corrected chi connectivity index (χ1v) is 5.35. The Kier molecular flexibility index (Phi) is 3.74. The lowest BCUT2D eigenvalue weighted by Gasteiger charge is -1.99. The maximum atomic E-state index is 10.9. The number of furan rings is 1. The van der Waals surface area contributed by atoms with E-state index >= 15 is 0 Å². The van der Waals surface area contributed by atoms with Gasteiger partial charge in [0, 0.05) is 24.9 Å². The van der Waals surface area contributed by atoms with Gasteiger partial charge in [-0.2, -0.15) is 0 Å². The molecule has 5 nitrogen and oxygen atoms in total. The van der Waals surface area contributed by atoms with Gasteiger partial charge in [-0.1, -0.05) is 0 Å². The second kappa shape index (κ2) is 5.46. The topological polar surface area (TPSA) is 61.6 Å². The summed E-state index contributed by atoms with van der Waals surface area (Å²) in [7, 11) is 3.10. The van der Waals surface area contributed by atoms with Gasteiger partial charge in [0.25, 0.3) is 0 Å². The van der Waals surface area contributed by atoms with Crippen LogP contribution < -0.4 is 4.74 Å². The third-order valence-corrected chi connectivity index (χ3v) is 2.47. The molecule has 0 aliphatic rings. The highest BCUT2D eigenvalue weighted by Gasteiger charge is 2.12. The molecule has 5 heteroatoms. The fourth-order valence-corrected chi connectivity index (χ4v) is 1.58. The zero-order valence-corrected chi connectivity index (χ0v) is 10.2. The van der Waals surface area contributed by atoms with Crippen molar-refractivity contribution in [1.82, 2.24) is 4.98 Å². The largest absolute Gasteiger partial charge is 0.481 e. The van der Waals surface area contributed by atoms with Gasteiger partial charge in [-0.25, -0.2) is 4.98 Å². The second-order valence-electron chi connectivity index (χ2n) is 3.63. The molecule has 0 saturated heterocycles. The lowest BCUT2D eigenvalue weighted by Crippen LogP contribution is -1.88. The molecule has 0 aromatic carbocycles. The smallest absolute Gasteiger partial charge is 0.212 e. The molecule has 18 heavy (non-hydrogen) atoms. The number of carbonyl (C=O) groups is 1. The molecule has 0 N–H and O–H groups in total. The van der Waals surface area contributed by atoms with Crippen molar-refractivity contribution in [3.63, 3.8) is 0 Å². The number of aromatic nitrogens is 1. The fraction of sp³-hybridized carbons (Fsp3) is 0.231. The average molecular weight is 247 g/mol. The van der Waals surface area contributed by atoms with Gasteiger partial charge in [0.15, 0.2) is 6.29 Å². The van der Waals surface area contributed by atoms with Gasteiger partial charge in [0.1, 0.15) is 18.1 Å². The predicted octanol–water partition coefficient (Wildman–Crippen LogP) is 2.31. The van der Waals surface area contributed by atoms with Crippen LogP contribution in [0.15, 0.2) is 28.8 Å². The van der Waals surface area contributed by atoms with E-state index in [0.29, 0.717) is 23.0 Å². The summed E-state index contributed by atoms with van der Waals surface area (Å²) in [6, 6.07) is 5.22. The number of methoxy groups -OCH3 is 2. The molecule has 2 aromatic heterocycles. The molecule has 0 saturated carbocycles. The Bertz CT molecular complexity index is 530. The van der Waals surface area contributed by atoms with E-state index in [1.165, 1.54) is 0 Å². The van der Waals surface area contributed by atoms with Crippen molar-refractivity contribution >= 4 is 6.29 Å². The standard InChI is InChI=1S/C13H13NO4/c1-16-8-12-10(7-15)5-11(18-12)9-3-4-13(17-2)14-6-9/h3-7H,8H2,1-2H3. The van der Waals surface area contributed by atoms with Crippen molar-refractivity contribution in [3.05, 3.63) is 35.7 Å². The Morgan fingerprint density at radius 2 is 2.22 bits per heavy atom. The first kappa shape index (κ1) is 12.3. The molecule has 2 rings (SSSR count). The molecule has 0 radical (unpaired) electrons. The Hall–Kier alpha value is -2.14. The minimum atomic E-state index is 0.262. The van der Waals surface area contributed by atoms with E-state index in [0.717, 1.165) is 11.8 Å². The van der Waals surface area contributed by atoms with Crippen LogP contribution in [-0.4, -0.2) is 25.5 Å². The van der Waals surface area contributed by atoms with Crippen molar-refractivity contribution in [1.29, 1.82) is 0 Å². The van der Waals surface area contributed by atoms with Crippen molar-refractivity contribution in [2.75, 3.05) is 14.2 Å². The molecule has 0 aliphatic heterocycles. The maximum absolute atomic E-state index is 10.9. The SMILES string of the molecule is COCc1oc(-c2ccc(OC)nc2)cc1C=O. The van der Waals surface area contributed by atoms with Crippen molar-refractivity contribution < 1.29 is 18.7 Å². The van der Waals surface area contributed by atoms with E-state index in [1.54, 1.807) is 32.5 Å². The number of hydrogen-bond acceptors (Lipinski definition) is 5. The highest BCUT2D eigenvalue weighted by molar-refractivity contribution is 5.79. The van der Waals surface area contributed by atoms with Crippen LogP contribution in [0.2, 0.25) is 0 Å². The van der Waals surface area contributed by atoms with Crippen LogP contribution in [-0.2, 0) is 11.3 Å². The van der Waals surface area contributed by atoms with Crippen molar-refractivity contribution in [2.45, 2.75) is 6.61 Å². The van der Waals surface area contributed by atoms with Crippen molar-refractivity contribution in [3.8, 4) is 17.2 Å². The highest BCUT2D eigenvalue weighted by Crippen LogP contribution is 2.25. The summed E-state index contributed by atoms with van der Waals surface area (Å²) >= 11 is 0. The zero-order chi connectivity index (χ0) is 13.0. The third kappa shape index (κ3) is 2.41. The summed E-state index contributed by atoms with van der Waals surface area (Å²) in [5, 5.41) is 0. The van der Waals surface area contributed by atoms with Gasteiger partial charge < -0.3 is 13.9 Å². The van der Waals surface area contributed by atoms with Crippen LogP contribution in [0.3, 0.4) is 0 Å². The molecule has 0 spiro atoms. The summed E-state index contributed by atoms with van der Waals surface area (Å²) < 4.78 is 15.5. The Morgan fingerprint density at radius 1 is 1.39 bits per heavy atom. The monoisotopic (exact) mass is 247 g/mol. The zero-order valence-electron chi connectivity index (χ0n) is 10.2. The summed E-state index contributed by atoms with van der Waals surface area (Å²) in [5.74, 6) is 1.62. The van der Waals surface area contributed by atoms with Crippen LogP contribution in [0.25, 0.3) is 11.3 Å². The van der Waals surface area contributed by atoms with Crippen LogP contribution >= 0.6 is 0 Å². The Labute approximate surface area is 104 Å². The van der Waals surface area contributed by atoms with E-state index in [-0.39, 0.29) is 6.61 Å². The van der Waals surface area contributed by atoms with E-state index in [9.17, 15) is 4.79 Å². The fourth-order valence-electron chi connectivity index (χ4n) is 1.58. The number of ether oxygens (including phenoxy) is 2. The molecule has 2 aromatic rings. The first-order valence-electron chi connectivity index (χ1n) is 5.35. The van der Waals surface area contributed by atoms with E-state index in [1.807, 2.05) is 6.07 Å². The number of hydrogen-bond donors (Lipinski definition) is 0. The molecule has 0 bridgehead atoms. The molecule has 0 fully saturated rings. The minimum Gasteiger partial charge on any atom is -0.481 e. The normalized spacial score (nSPS) is 10.3. The summed E-state index contributed by atoms with van der Waals surface area (Å²) in [6.45, 7) is 0.262. The van der Waals surface area contributed by atoms with Crippen LogP contribution in [0.5, 0.6) is 5.88 Å². The van der Waals surface area contributed by atoms with Gasteiger partial charge in [-0.15, -0.1) is 0 Å². The van der Waals surface area contributed by atoms with E-state index in [4.69, 9.17) is 13.9 Å². The second-order valence-corrected chi connectivity index (χ2v) is 3.63. The van der Waals surface area contributed by atoms with Gasteiger partial charge in [-0.3, -0.25) is 4.79 Å². The number of carbonyl (C=O) groups excluding carboxylic acids is 1. The van der Waals surface area contributed by atoms with Crippen LogP contribution in [0.1, 0.15) is 16.1 Å². The quantitative estimate of drug-likeness (QED) is 0.759. The number of nitrogens with zero attached hydrogens (tertiary/aromatic N) is 1. The average Bonchev–Trinajstić information content (AvgIpc) is 2.82. The maximum Gasteiger partial charge on any atom is 0.212 e. The third-order valence-electron chi connectivity index (χ3n) is 2.47. The van der Waals surface area contributed by atoms with Gasteiger partial charge in [-0.05, 0) is 12.1 Å². The molecule has 2 heterocycles. The lowest BCUT2D eigenvalue weighted by molar-refractivity contribution is 0.111. The van der Waals surface area contributed by atoms with Gasteiger partial charge >= 0.3 is 0 Å². The molecule has 0 aliphatic carbocycles. The van der Waals surface area contributed by atoms with Gasteiger partial charge in [0.05, 0.1) is 12.7 Å². The Morgan fingerprint density at radius 3 is 2.78 bits per heavy atom. The number of rotatable bonds is 5. The number of aldehydes is 1. The molecular formula is C13H13NO4. The van der Waals surface area contributed by atoms with E-state index in [2.05, 4.69) is 4.98 Å². The van der Waals surface area contributed by atoms with E-state index < -0.39 is 0 Å².